The maximum Gasteiger partial charge on any atom is 0.330 e. The average molecular weight is 572 g/mol. The van der Waals surface area contributed by atoms with Gasteiger partial charge in [0.25, 0.3) is 5.56 Å². The van der Waals surface area contributed by atoms with Gasteiger partial charge in [0.05, 0.1) is 12.7 Å². The molecule has 1 aromatic heterocycles. The molecule has 1 aliphatic heterocycles. The maximum absolute atomic E-state index is 13.4. The molecule has 1 aliphatic rings. The molecule has 0 saturated carbocycles. The normalized spacial score (nSPS) is 25.4. The molecule has 15 heteroatoms. The number of aromatic nitrogens is 2. The molecule has 0 spiro atoms. The molecule has 4 N–H and O–H groups in total. The van der Waals surface area contributed by atoms with E-state index in [1.54, 1.807) is 13.8 Å². The average Bonchev–Trinajstić information content (AvgIpc) is 3.09. The Balaban J connectivity index is 1.85. The monoisotopic (exact) mass is 571 g/mol. The highest BCUT2D eigenvalue weighted by atomic mass is 32.5. The van der Waals surface area contributed by atoms with Gasteiger partial charge in [-0.05, 0) is 56.8 Å². The van der Waals surface area contributed by atoms with Crippen LogP contribution < -0.4 is 20.9 Å². The number of hydrogen-bond donors (Lipinski definition) is 4. The molecule has 2 aromatic rings. The fourth-order valence-corrected chi connectivity index (χ4v) is 5.89. The third kappa shape index (κ3) is 6.75. The largest absolute Gasteiger partial charge is 0.462 e. The molecule has 2 heterocycles. The number of aliphatic hydroxyl groups is 2. The number of H-pyrrole nitrogens is 1. The van der Waals surface area contributed by atoms with Crippen molar-refractivity contribution in [2.75, 3.05) is 6.61 Å². The minimum Gasteiger partial charge on any atom is -0.462 e. The van der Waals surface area contributed by atoms with Gasteiger partial charge in [0, 0.05) is 12.3 Å². The number of halogens is 1. The van der Waals surface area contributed by atoms with E-state index in [0.29, 0.717) is 0 Å². The van der Waals surface area contributed by atoms with Crippen LogP contribution in [-0.2, 0) is 30.6 Å². The number of nitrogens with zero attached hydrogens (tertiary/aromatic N) is 1. The van der Waals surface area contributed by atoms with E-state index in [4.69, 9.17) is 36.8 Å². The molecule has 0 radical (unpaired) electrons. The molecule has 1 aromatic carbocycles. The number of hydrogen-bond acceptors (Lipinski definition) is 10. The van der Waals surface area contributed by atoms with Gasteiger partial charge in [-0.15, -0.1) is 6.42 Å². The summed E-state index contributed by atoms with van der Waals surface area (Å²) in [6.07, 6.45) is 1.41. The highest BCUT2D eigenvalue weighted by Gasteiger charge is 2.56. The number of ether oxygens (including phenoxy) is 2. The van der Waals surface area contributed by atoms with Crippen LogP contribution in [0.5, 0.6) is 5.75 Å². The third-order valence-electron chi connectivity index (χ3n) is 5.32. The van der Waals surface area contributed by atoms with Gasteiger partial charge < -0.3 is 28.7 Å². The molecule has 0 aliphatic carbocycles. The highest BCUT2D eigenvalue weighted by Crippen LogP contribution is 2.47. The second kappa shape index (κ2) is 11.9. The molecule has 4 unspecified atom stereocenters. The van der Waals surface area contributed by atoms with Crippen molar-refractivity contribution >= 4 is 24.4 Å². The van der Waals surface area contributed by atoms with Crippen molar-refractivity contribution in [3.8, 4) is 18.1 Å². The number of carbonyl (C=O) groups is 1. The molecule has 12 nitrogen and oxygen atoms in total. The van der Waals surface area contributed by atoms with Gasteiger partial charge in [-0.25, -0.2) is 14.3 Å². The fourth-order valence-electron chi connectivity index (χ4n) is 3.47. The van der Waals surface area contributed by atoms with Crippen molar-refractivity contribution in [3.63, 3.8) is 0 Å². The Morgan fingerprint density at radius 3 is 2.58 bits per heavy atom. The number of nitrogens with one attached hydrogen (secondary N) is 2. The lowest BCUT2D eigenvalue weighted by Gasteiger charge is -2.28. The fraction of sp³-hybridized carbons (Fsp3) is 0.435. The Morgan fingerprint density at radius 1 is 1.34 bits per heavy atom. The summed E-state index contributed by atoms with van der Waals surface area (Å²) < 4.78 is 36.6. The zero-order valence-corrected chi connectivity index (χ0v) is 22.3. The summed E-state index contributed by atoms with van der Waals surface area (Å²) in [7, 11) is 0. The van der Waals surface area contributed by atoms with E-state index in [2.05, 4.69) is 5.09 Å². The van der Waals surface area contributed by atoms with Crippen LogP contribution in [0.2, 0.25) is 0 Å². The standard InChI is InChI=1S/C23H27FN3O9PS/c1-5-23(32)19(29)17(35-21(23)27-11-10-18(28)25-22(27)31)12-33-37(38,26-14(4)20(30)34-13(2)3)36-16-8-6-15(24)7-9-16/h1,6-11,13-14,17,19,21,29,32H,12H2,2-4H3,(H,26,38)(H,25,28,31)/t14?,17?,19-,21?,23-,37?/m1/s1. The van der Waals surface area contributed by atoms with Crippen LogP contribution in [0.25, 0.3) is 0 Å². The van der Waals surface area contributed by atoms with Crippen molar-refractivity contribution in [1.29, 1.82) is 0 Å². The first-order chi connectivity index (χ1) is 17.8. The minimum atomic E-state index is -3.63. The molecule has 0 amide bonds. The Morgan fingerprint density at radius 2 is 2.00 bits per heavy atom. The Kier molecular flexibility index (Phi) is 9.27. The summed E-state index contributed by atoms with van der Waals surface area (Å²) in [5, 5.41) is 24.5. The summed E-state index contributed by atoms with van der Waals surface area (Å²) in [6.45, 7) is 0.665. The van der Waals surface area contributed by atoms with E-state index in [-0.39, 0.29) is 5.75 Å². The maximum atomic E-state index is 13.4. The quantitative estimate of drug-likeness (QED) is 0.179. The number of aliphatic hydroxyl groups excluding tert-OH is 1. The predicted molar refractivity (Wildman–Crippen MR) is 136 cm³/mol. The van der Waals surface area contributed by atoms with Crippen molar-refractivity contribution < 1.29 is 37.9 Å². The van der Waals surface area contributed by atoms with Crippen molar-refractivity contribution in [1.82, 2.24) is 14.6 Å². The van der Waals surface area contributed by atoms with Gasteiger partial charge >= 0.3 is 18.3 Å². The van der Waals surface area contributed by atoms with Crippen LogP contribution in [0, 0.1) is 18.2 Å². The van der Waals surface area contributed by atoms with Crippen LogP contribution in [-0.4, -0.2) is 62.3 Å². The SMILES string of the molecule is C#C[C@]1(O)C(n2ccc(=O)[nH]c2=O)OC(COP(=S)(NC(C)C(=O)OC(C)C)Oc2ccc(F)cc2)[C@H]1O. The van der Waals surface area contributed by atoms with Crippen molar-refractivity contribution in [3.05, 3.63) is 63.2 Å². The van der Waals surface area contributed by atoms with Crippen LogP contribution in [0.4, 0.5) is 4.39 Å². The third-order valence-corrected chi connectivity index (χ3v) is 7.82. The molecular formula is C23H27FN3O9PS. The summed E-state index contributed by atoms with van der Waals surface area (Å²) in [4.78, 5) is 38.1. The molecule has 38 heavy (non-hydrogen) atoms. The smallest absolute Gasteiger partial charge is 0.330 e. The van der Waals surface area contributed by atoms with Gasteiger partial charge in [0.1, 0.15) is 29.8 Å². The van der Waals surface area contributed by atoms with Gasteiger partial charge in [0.2, 0.25) is 0 Å². The van der Waals surface area contributed by atoms with E-state index in [1.165, 1.54) is 19.1 Å². The number of carbonyl (C=O) groups excluding carboxylic acids is 1. The number of terminal acetylenes is 1. The van der Waals surface area contributed by atoms with Crippen molar-refractivity contribution in [2.45, 2.75) is 57.0 Å². The van der Waals surface area contributed by atoms with E-state index >= 15 is 0 Å². The number of rotatable bonds is 10. The highest BCUT2D eigenvalue weighted by molar-refractivity contribution is 8.09. The zero-order valence-electron chi connectivity index (χ0n) is 20.6. The topological polar surface area (TPSA) is 161 Å². The number of aromatic amines is 1. The summed E-state index contributed by atoms with van der Waals surface area (Å²) in [6, 6.07) is 4.89. The summed E-state index contributed by atoms with van der Waals surface area (Å²) in [5.74, 6) is 0.991. The molecule has 1 saturated heterocycles. The van der Waals surface area contributed by atoms with E-state index in [0.717, 1.165) is 29.0 Å². The molecule has 206 valence electrons. The molecule has 0 bridgehead atoms. The van der Waals surface area contributed by atoms with Gasteiger partial charge in [-0.2, -0.15) is 0 Å². The second-order valence-corrected chi connectivity index (χ2v) is 11.8. The first-order valence-corrected chi connectivity index (χ1v) is 13.9. The van der Waals surface area contributed by atoms with Crippen molar-refractivity contribution in [2.24, 2.45) is 0 Å². The minimum absolute atomic E-state index is 0.123. The lowest BCUT2D eigenvalue weighted by Crippen LogP contribution is -2.48. The Labute approximate surface area is 221 Å². The van der Waals surface area contributed by atoms with Crippen LogP contribution in [0.1, 0.15) is 27.0 Å². The molecule has 6 atom stereocenters. The van der Waals surface area contributed by atoms with Crippen LogP contribution in [0.3, 0.4) is 0 Å². The van der Waals surface area contributed by atoms with Crippen LogP contribution >= 0.6 is 6.64 Å². The molecule has 1 fully saturated rings. The van der Waals surface area contributed by atoms with E-state index in [9.17, 15) is 29.0 Å². The molecular weight excluding hydrogens is 544 g/mol. The van der Waals surface area contributed by atoms with E-state index in [1.807, 2.05) is 10.9 Å². The Bertz CT molecular complexity index is 1360. The second-order valence-electron chi connectivity index (χ2n) is 8.63. The summed E-state index contributed by atoms with van der Waals surface area (Å²) in [5.41, 5.74) is -4.02. The Hall–Kier alpha value is -2.89. The van der Waals surface area contributed by atoms with Gasteiger partial charge in [-0.1, -0.05) is 5.92 Å². The first-order valence-electron chi connectivity index (χ1n) is 11.3. The van der Waals surface area contributed by atoms with Gasteiger partial charge in [0.15, 0.2) is 11.8 Å². The predicted octanol–water partition coefficient (Wildman–Crippen LogP) is 0.548. The summed E-state index contributed by atoms with van der Waals surface area (Å²) >= 11 is 5.56. The lowest BCUT2D eigenvalue weighted by molar-refractivity contribution is -0.149. The number of esters is 1. The number of benzene rings is 1. The lowest BCUT2D eigenvalue weighted by atomic mass is 9.95. The zero-order chi connectivity index (χ0) is 28.3. The first kappa shape index (κ1) is 29.7. The van der Waals surface area contributed by atoms with Gasteiger partial charge in [-0.3, -0.25) is 19.1 Å². The van der Waals surface area contributed by atoms with E-state index < -0.39 is 72.5 Å². The molecule has 3 rings (SSSR count). The van der Waals surface area contributed by atoms with Crippen LogP contribution in [0.15, 0.2) is 46.1 Å².